The molecule has 7 heteroatoms. The Morgan fingerprint density at radius 3 is 2.88 bits per heavy atom. The molecule has 0 amide bonds. The molecule has 0 atom stereocenters. The summed E-state index contributed by atoms with van der Waals surface area (Å²) in [6.07, 6.45) is 2.72. The van der Waals surface area contributed by atoms with Crippen molar-refractivity contribution in [3.63, 3.8) is 0 Å². The van der Waals surface area contributed by atoms with Crippen LogP contribution in [0.1, 0.15) is 24.2 Å². The number of nitrogens with zero attached hydrogens (tertiary/aromatic N) is 4. The highest BCUT2D eigenvalue weighted by molar-refractivity contribution is 5.88. The van der Waals surface area contributed by atoms with Gasteiger partial charge in [0.1, 0.15) is 11.9 Å². The van der Waals surface area contributed by atoms with E-state index in [9.17, 15) is 9.59 Å². The summed E-state index contributed by atoms with van der Waals surface area (Å²) in [5.41, 5.74) is -0.549. The molecule has 0 spiro atoms. The maximum atomic E-state index is 11.9. The number of carbonyl (C=O) groups is 1. The molecule has 0 aromatic carbocycles. The third-order valence-electron chi connectivity index (χ3n) is 2.33. The molecule has 2 rings (SSSR count). The molecule has 0 aliphatic rings. The SMILES string of the molecule is CCOC(=O)c1cn(CC)c2ncnn2c1=O. The lowest BCUT2D eigenvalue weighted by atomic mass is 10.3. The van der Waals surface area contributed by atoms with Crippen molar-refractivity contribution >= 4 is 11.7 Å². The molecule has 0 aliphatic heterocycles. The van der Waals surface area contributed by atoms with Crippen LogP contribution < -0.4 is 5.56 Å². The van der Waals surface area contributed by atoms with Crippen LogP contribution in [0, 0.1) is 0 Å². The molecular weight excluding hydrogens is 224 g/mol. The molecule has 0 saturated carbocycles. The molecule has 17 heavy (non-hydrogen) atoms. The van der Waals surface area contributed by atoms with Gasteiger partial charge in [-0.1, -0.05) is 0 Å². The van der Waals surface area contributed by atoms with Gasteiger partial charge in [0.2, 0.25) is 5.78 Å². The molecule has 0 fully saturated rings. The van der Waals surface area contributed by atoms with Gasteiger partial charge >= 0.3 is 5.97 Å². The number of rotatable bonds is 3. The van der Waals surface area contributed by atoms with E-state index in [1.54, 1.807) is 11.5 Å². The normalized spacial score (nSPS) is 10.7. The van der Waals surface area contributed by atoms with Crippen LogP contribution in [-0.2, 0) is 11.3 Å². The van der Waals surface area contributed by atoms with E-state index in [-0.39, 0.29) is 12.2 Å². The standard InChI is InChI=1S/C10H12N4O3/c1-3-13-5-7(9(16)17-4-2)8(15)14-10(13)11-6-12-14/h5-6H,3-4H2,1-2H3. The predicted octanol–water partition coefficient (Wildman–Crippen LogP) is 0.0876. The molecule has 0 radical (unpaired) electrons. The molecule has 2 heterocycles. The van der Waals surface area contributed by atoms with Gasteiger partial charge in [0.25, 0.3) is 5.56 Å². The van der Waals surface area contributed by atoms with Crippen molar-refractivity contribution in [1.29, 1.82) is 0 Å². The first-order chi connectivity index (χ1) is 8.19. The van der Waals surface area contributed by atoms with E-state index in [0.717, 1.165) is 4.52 Å². The number of ether oxygens (including phenoxy) is 1. The fourth-order valence-corrected chi connectivity index (χ4v) is 1.54. The first-order valence-electron chi connectivity index (χ1n) is 5.29. The van der Waals surface area contributed by atoms with Crippen molar-refractivity contribution in [3.8, 4) is 0 Å². The topological polar surface area (TPSA) is 78.5 Å². The highest BCUT2D eigenvalue weighted by atomic mass is 16.5. The zero-order chi connectivity index (χ0) is 12.4. The van der Waals surface area contributed by atoms with E-state index in [1.165, 1.54) is 12.5 Å². The van der Waals surface area contributed by atoms with Crippen LogP contribution in [0.15, 0.2) is 17.3 Å². The van der Waals surface area contributed by atoms with Gasteiger partial charge in [0.15, 0.2) is 0 Å². The van der Waals surface area contributed by atoms with Crippen LogP contribution in [0.2, 0.25) is 0 Å². The van der Waals surface area contributed by atoms with Gasteiger partial charge < -0.3 is 9.30 Å². The van der Waals surface area contributed by atoms with Gasteiger partial charge in [-0.05, 0) is 13.8 Å². The Balaban J connectivity index is 2.68. The van der Waals surface area contributed by atoms with Crippen molar-refractivity contribution in [2.75, 3.05) is 6.61 Å². The summed E-state index contributed by atoms with van der Waals surface area (Å²) < 4.78 is 7.58. The minimum atomic E-state index is -0.642. The molecule has 2 aromatic heterocycles. The summed E-state index contributed by atoms with van der Waals surface area (Å²) in [5, 5.41) is 3.79. The van der Waals surface area contributed by atoms with Gasteiger partial charge in [-0.3, -0.25) is 4.79 Å². The Labute approximate surface area is 96.6 Å². The maximum absolute atomic E-state index is 11.9. The van der Waals surface area contributed by atoms with Gasteiger partial charge in [-0.15, -0.1) is 0 Å². The second kappa shape index (κ2) is 4.36. The zero-order valence-corrected chi connectivity index (χ0v) is 9.58. The van der Waals surface area contributed by atoms with Crippen molar-refractivity contribution < 1.29 is 9.53 Å². The number of aromatic nitrogens is 4. The van der Waals surface area contributed by atoms with E-state index in [0.29, 0.717) is 12.3 Å². The van der Waals surface area contributed by atoms with Crippen LogP contribution in [0.25, 0.3) is 5.78 Å². The van der Waals surface area contributed by atoms with E-state index in [4.69, 9.17) is 4.74 Å². The summed E-state index contributed by atoms with van der Waals surface area (Å²) in [7, 11) is 0. The molecule has 90 valence electrons. The highest BCUT2D eigenvalue weighted by Crippen LogP contribution is 2.01. The lowest BCUT2D eigenvalue weighted by Gasteiger charge is -2.07. The van der Waals surface area contributed by atoms with E-state index >= 15 is 0 Å². The Morgan fingerprint density at radius 1 is 1.47 bits per heavy atom. The quantitative estimate of drug-likeness (QED) is 0.705. The van der Waals surface area contributed by atoms with Gasteiger partial charge in [-0.25, -0.2) is 4.79 Å². The number of carbonyl (C=O) groups excluding carboxylic acids is 1. The van der Waals surface area contributed by atoms with Crippen molar-refractivity contribution in [2.24, 2.45) is 0 Å². The van der Waals surface area contributed by atoms with Gasteiger partial charge in [0.05, 0.1) is 6.61 Å². The molecule has 0 aliphatic carbocycles. The van der Waals surface area contributed by atoms with E-state index in [1.807, 2.05) is 6.92 Å². The monoisotopic (exact) mass is 236 g/mol. The summed E-state index contributed by atoms with van der Waals surface area (Å²) in [6, 6.07) is 0. The Kier molecular flexibility index (Phi) is 2.90. The van der Waals surface area contributed by atoms with Crippen LogP contribution >= 0.6 is 0 Å². The smallest absolute Gasteiger partial charge is 0.345 e. The van der Waals surface area contributed by atoms with Crippen molar-refractivity contribution in [1.82, 2.24) is 19.2 Å². The molecule has 0 N–H and O–H groups in total. The molecule has 0 unspecified atom stereocenters. The second-order valence-electron chi connectivity index (χ2n) is 3.33. The fraction of sp³-hybridized carbons (Fsp3) is 0.400. The average Bonchev–Trinajstić information content (AvgIpc) is 2.79. The van der Waals surface area contributed by atoms with Gasteiger partial charge in [-0.2, -0.15) is 14.6 Å². The number of hydrogen-bond donors (Lipinski definition) is 0. The second-order valence-corrected chi connectivity index (χ2v) is 3.33. The molecule has 0 saturated heterocycles. The lowest BCUT2D eigenvalue weighted by molar-refractivity contribution is 0.0523. The van der Waals surface area contributed by atoms with Crippen molar-refractivity contribution in [2.45, 2.75) is 20.4 Å². The zero-order valence-electron chi connectivity index (χ0n) is 9.58. The van der Waals surface area contributed by atoms with Crippen molar-refractivity contribution in [3.05, 3.63) is 28.4 Å². The molecule has 0 bridgehead atoms. The third kappa shape index (κ3) is 1.79. The van der Waals surface area contributed by atoms with Crippen LogP contribution in [0.3, 0.4) is 0 Å². The summed E-state index contributed by atoms with van der Waals surface area (Å²) in [5.74, 6) is -0.234. The Hall–Kier alpha value is -2.18. The maximum Gasteiger partial charge on any atom is 0.345 e. The minimum Gasteiger partial charge on any atom is -0.462 e. The summed E-state index contributed by atoms with van der Waals surface area (Å²) >= 11 is 0. The predicted molar refractivity (Wildman–Crippen MR) is 58.9 cm³/mol. The van der Waals surface area contributed by atoms with Gasteiger partial charge in [0, 0.05) is 12.7 Å². The lowest BCUT2D eigenvalue weighted by Crippen LogP contribution is -2.27. The largest absolute Gasteiger partial charge is 0.462 e. The number of aryl methyl sites for hydroxylation is 1. The molecule has 2 aromatic rings. The number of esters is 1. The minimum absolute atomic E-state index is 0.0355. The number of fused-ring (bicyclic) bond motifs is 1. The Morgan fingerprint density at radius 2 is 2.24 bits per heavy atom. The first kappa shape index (κ1) is 11.3. The summed E-state index contributed by atoms with van der Waals surface area (Å²) in [6.45, 7) is 4.37. The molecular formula is C10H12N4O3. The Bertz CT molecular complexity index is 614. The fourth-order valence-electron chi connectivity index (χ4n) is 1.54. The number of hydrogen-bond acceptors (Lipinski definition) is 5. The third-order valence-corrected chi connectivity index (χ3v) is 2.33. The highest BCUT2D eigenvalue weighted by Gasteiger charge is 2.17. The van der Waals surface area contributed by atoms with Crippen LogP contribution in [-0.4, -0.2) is 31.7 Å². The average molecular weight is 236 g/mol. The van der Waals surface area contributed by atoms with E-state index < -0.39 is 11.5 Å². The van der Waals surface area contributed by atoms with Crippen LogP contribution in [0.4, 0.5) is 0 Å². The molecule has 7 nitrogen and oxygen atoms in total. The van der Waals surface area contributed by atoms with E-state index in [2.05, 4.69) is 10.1 Å². The van der Waals surface area contributed by atoms with Crippen LogP contribution in [0.5, 0.6) is 0 Å². The first-order valence-corrected chi connectivity index (χ1v) is 5.29. The summed E-state index contributed by atoms with van der Waals surface area (Å²) in [4.78, 5) is 27.5.